The fourth-order valence-corrected chi connectivity index (χ4v) is 3.89. The van der Waals surface area contributed by atoms with Crippen LogP contribution in [0.4, 0.5) is 16.2 Å². The summed E-state index contributed by atoms with van der Waals surface area (Å²) in [6.07, 6.45) is 2.50. The number of ether oxygens (including phenoxy) is 2. The zero-order chi connectivity index (χ0) is 21.1. The van der Waals surface area contributed by atoms with Crippen LogP contribution in [-0.4, -0.2) is 56.7 Å². The molecule has 2 aliphatic rings. The van der Waals surface area contributed by atoms with Crippen molar-refractivity contribution >= 4 is 23.3 Å². The van der Waals surface area contributed by atoms with Gasteiger partial charge in [0, 0.05) is 18.3 Å². The first-order chi connectivity index (χ1) is 14.6. The lowest BCUT2D eigenvalue weighted by molar-refractivity contribution is -0.115. The summed E-state index contributed by atoms with van der Waals surface area (Å²) in [6, 6.07) is 12.3. The monoisotopic (exact) mass is 409 g/mol. The van der Waals surface area contributed by atoms with Crippen molar-refractivity contribution in [3.05, 3.63) is 48.0 Å². The Balaban J connectivity index is 1.47. The number of hydrogen-bond donors (Lipinski definition) is 0. The van der Waals surface area contributed by atoms with Crippen LogP contribution < -0.4 is 19.3 Å². The van der Waals surface area contributed by atoms with Gasteiger partial charge in [-0.2, -0.15) is 0 Å². The van der Waals surface area contributed by atoms with Gasteiger partial charge in [-0.3, -0.25) is 14.6 Å². The minimum absolute atomic E-state index is 0.00890. The Hall–Kier alpha value is -3.06. The molecular weight excluding hydrogens is 382 g/mol. The van der Waals surface area contributed by atoms with Crippen molar-refractivity contribution in [2.45, 2.75) is 19.8 Å². The number of benzene rings is 2. The fraction of sp³-hybridized carbons (Fsp3) is 0.391. The summed E-state index contributed by atoms with van der Waals surface area (Å²) < 4.78 is 11.4. The molecule has 3 amide bonds. The van der Waals surface area contributed by atoms with E-state index in [-0.39, 0.29) is 18.5 Å². The molecule has 0 radical (unpaired) electrons. The second-order valence-corrected chi connectivity index (χ2v) is 7.67. The number of rotatable bonds is 7. The molecule has 7 nitrogen and oxygen atoms in total. The Morgan fingerprint density at radius 1 is 0.933 bits per heavy atom. The summed E-state index contributed by atoms with van der Waals surface area (Å²) >= 11 is 0. The molecule has 0 aromatic heterocycles. The number of methoxy groups -OCH3 is 1. The van der Waals surface area contributed by atoms with Crippen LogP contribution in [0.3, 0.4) is 0 Å². The van der Waals surface area contributed by atoms with Gasteiger partial charge in [0.2, 0.25) is 0 Å². The first-order valence-electron chi connectivity index (χ1n) is 10.3. The number of likely N-dealkylation sites (tertiary alicyclic amines) is 1. The standard InChI is InChI=1S/C23H27N3O4/c1-17-5-7-18(8-6-17)26-22(27)16-25(23(26)28)19-9-10-20(21(15-19)29-2)30-14-13-24-11-3-4-12-24/h5-10,15H,3-4,11-14,16H2,1-2H3. The summed E-state index contributed by atoms with van der Waals surface area (Å²) in [6.45, 7) is 5.67. The van der Waals surface area contributed by atoms with Gasteiger partial charge >= 0.3 is 6.03 Å². The normalized spacial score (nSPS) is 17.1. The van der Waals surface area contributed by atoms with E-state index in [1.54, 1.807) is 37.4 Å². The van der Waals surface area contributed by atoms with Gasteiger partial charge in [-0.1, -0.05) is 17.7 Å². The third-order valence-electron chi connectivity index (χ3n) is 5.58. The Kier molecular flexibility index (Phi) is 5.90. The molecule has 2 fully saturated rings. The maximum absolute atomic E-state index is 13.0. The predicted molar refractivity (Wildman–Crippen MR) is 116 cm³/mol. The SMILES string of the molecule is COc1cc(N2CC(=O)N(c3ccc(C)cc3)C2=O)ccc1OCCN1CCCC1. The number of anilines is 2. The number of amides is 3. The predicted octanol–water partition coefficient (Wildman–Crippen LogP) is 3.45. The molecule has 2 saturated heterocycles. The lowest BCUT2D eigenvalue weighted by Gasteiger charge is -2.20. The van der Waals surface area contributed by atoms with Crippen molar-refractivity contribution in [2.24, 2.45) is 0 Å². The van der Waals surface area contributed by atoms with Crippen molar-refractivity contribution in [1.29, 1.82) is 0 Å². The second kappa shape index (κ2) is 8.75. The molecule has 0 aliphatic carbocycles. The largest absolute Gasteiger partial charge is 0.493 e. The van der Waals surface area contributed by atoms with E-state index in [1.807, 2.05) is 19.1 Å². The van der Waals surface area contributed by atoms with Crippen LogP contribution in [0.15, 0.2) is 42.5 Å². The average molecular weight is 409 g/mol. The minimum Gasteiger partial charge on any atom is -0.493 e. The van der Waals surface area contributed by atoms with E-state index in [0.717, 1.165) is 25.2 Å². The lowest BCUT2D eigenvalue weighted by Crippen LogP contribution is -2.33. The molecule has 158 valence electrons. The van der Waals surface area contributed by atoms with Gasteiger partial charge in [-0.05, 0) is 57.1 Å². The van der Waals surface area contributed by atoms with E-state index in [2.05, 4.69) is 4.90 Å². The summed E-state index contributed by atoms with van der Waals surface area (Å²) in [5.74, 6) is 0.922. The van der Waals surface area contributed by atoms with Gasteiger partial charge in [0.05, 0.1) is 12.8 Å². The Morgan fingerprint density at radius 3 is 2.33 bits per heavy atom. The Labute approximate surface area is 176 Å². The van der Waals surface area contributed by atoms with Gasteiger partial charge < -0.3 is 9.47 Å². The van der Waals surface area contributed by atoms with E-state index in [0.29, 0.717) is 29.5 Å². The molecule has 0 N–H and O–H groups in total. The number of carbonyl (C=O) groups is 2. The van der Waals surface area contributed by atoms with Crippen LogP contribution in [0.5, 0.6) is 11.5 Å². The van der Waals surface area contributed by atoms with Crippen molar-refractivity contribution in [1.82, 2.24) is 4.90 Å². The molecule has 30 heavy (non-hydrogen) atoms. The quantitative estimate of drug-likeness (QED) is 0.656. The highest BCUT2D eigenvalue weighted by Crippen LogP contribution is 2.34. The summed E-state index contributed by atoms with van der Waals surface area (Å²) in [5, 5.41) is 0. The Morgan fingerprint density at radius 2 is 1.63 bits per heavy atom. The zero-order valence-corrected chi connectivity index (χ0v) is 17.5. The van der Waals surface area contributed by atoms with E-state index in [1.165, 1.54) is 22.6 Å². The van der Waals surface area contributed by atoms with Crippen LogP contribution in [-0.2, 0) is 4.79 Å². The lowest BCUT2D eigenvalue weighted by atomic mass is 10.2. The second-order valence-electron chi connectivity index (χ2n) is 7.67. The van der Waals surface area contributed by atoms with Gasteiger partial charge in [-0.15, -0.1) is 0 Å². The van der Waals surface area contributed by atoms with Gasteiger partial charge in [0.1, 0.15) is 13.2 Å². The van der Waals surface area contributed by atoms with Crippen LogP contribution in [0.1, 0.15) is 18.4 Å². The molecule has 7 heteroatoms. The van der Waals surface area contributed by atoms with Gasteiger partial charge in [0.15, 0.2) is 11.5 Å². The zero-order valence-electron chi connectivity index (χ0n) is 17.5. The smallest absolute Gasteiger partial charge is 0.336 e. The molecule has 2 aromatic carbocycles. The van der Waals surface area contributed by atoms with Gasteiger partial charge in [-0.25, -0.2) is 9.69 Å². The molecule has 0 bridgehead atoms. The molecule has 4 rings (SSSR count). The number of aryl methyl sites for hydroxylation is 1. The number of imide groups is 1. The highest BCUT2D eigenvalue weighted by molar-refractivity contribution is 6.26. The third kappa shape index (κ3) is 4.11. The first kappa shape index (κ1) is 20.2. The molecule has 0 atom stereocenters. The van der Waals surface area contributed by atoms with Crippen molar-refractivity contribution in [3.63, 3.8) is 0 Å². The topological polar surface area (TPSA) is 62.3 Å². The maximum Gasteiger partial charge on any atom is 0.336 e. The van der Waals surface area contributed by atoms with Crippen LogP contribution in [0.25, 0.3) is 0 Å². The summed E-state index contributed by atoms with van der Waals surface area (Å²) in [4.78, 5) is 30.6. The highest BCUT2D eigenvalue weighted by Gasteiger charge is 2.38. The van der Waals surface area contributed by atoms with E-state index < -0.39 is 0 Å². The van der Waals surface area contributed by atoms with Crippen molar-refractivity contribution in [3.8, 4) is 11.5 Å². The average Bonchev–Trinajstić information content (AvgIpc) is 3.37. The van der Waals surface area contributed by atoms with E-state index in [4.69, 9.17) is 9.47 Å². The Bertz CT molecular complexity index is 923. The highest BCUT2D eigenvalue weighted by atomic mass is 16.5. The summed E-state index contributed by atoms with van der Waals surface area (Å²) in [7, 11) is 1.57. The molecule has 0 spiro atoms. The molecule has 0 unspecified atom stereocenters. The summed E-state index contributed by atoms with van der Waals surface area (Å²) in [5.41, 5.74) is 2.25. The molecule has 0 saturated carbocycles. The first-order valence-corrected chi connectivity index (χ1v) is 10.3. The van der Waals surface area contributed by atoms with Crippen molar-refractivity contribution < 1.29 is 19.1 Å². The van der Waals surface area contributed by atoms with Crippen LogP contribution in [0.2, 0.25) is 0 Å². The number of nitrogens with zero attached hydrogens (tertiary/aromatic N) is 3. The number of urea groups is 1. The number of hydrogen-bond acceptors (Lipinski definition) is 5. The molecule has 2 aliphatic heterocycles. The maximum atomic E-state index is 13.0. The minimum atomic E-state index is -0.367. The molecule has 2 aromatic rings. The van der Waals surface area contributed by atoms with E-state index >= 15 is 0 Å². The van der Waals surface area contributed by atoms with Crippen molar-refractivity contribution in [2.75, 3.05) is 49.7 Å². The van der Waals surface area contributed by atoms with Crippen LogP contribution in [0, 0.1) is 6.92 Å². The molecular formula is C23H27N3O4. The van der Waals surface area contributed by atoms with E-state index in [9.17, 15) is 9.59 Å². The third-order valence-corrected chi connectivity index (χ3v) is 5.58. The van der Waals surface area contributed by atoms with Crippen LogP contribution >= 0.6 is 0 Å². The molecule has 2 heterocycles. The van der Waals surface area contributed by atoms with Gasteiger partial charge in [0.25, 0.3) is 5.91 Å². The number of carbonyl (C=O) groups excluding carboxylic acids is 2. The fourth-order valence-electron chi connectivity index (χ4n) is 3.89.